The second kappa shape index (κ2) is 6.23. The molecule has 0 aromatic heterocycles. The van der Waals surface area contributed by atoms with E-state index < -0.39 is 23.3 Å². The summed E-state index contributed by atoms with van der Waals surface area (Å²) in [4.78, 5) is 41.3. The Kier molecular flexibility index (Phi) is 3.75. The second-order valence-corrected chi connectivity index (χ2v) is 9.30. The molecule has 0 unspecified atom stereocenters. The van der Waals surface area contributed by atoms with Crippen molar-refractivity contribution in [2.45, 2.75) is 11.5 Å². The lowest BCUT2D eigenvalue weighted by Gasteiger charge is -2.48. The van der Waals surface area contributed by atoms with E-state index in [0.717, 1.165) is 14.7 Å². The molecule has 3 aromatic rings. The van der Waals surface area contributed by atoms with E-state index in [1.807, 2.05) is 36.4 Å². The number of rotatable bonds is 2. The van der Waals surface area contributed by atoms with Crippen molar-refractivity contribution in [3.63, 3.8) is 0 Å². The Hall–Kier alpha value is -3.07. The minimum atomic E-state index is -1.78. The molecule has 152 valence electrons. The number of nitrogens with zero attached hydrogens (tertiary/aromatic N) is 2. The van der Waals surface area contributed by atoms with Crippen LogP contribution in [0, 0.1) is 25.5 Å². The average molecular weight is 522 g/mol. The van der Waals surface area contributed by atoms with Crippen molar-refractivity contribution in [3.8, 4) is 0 Å². The highest BCUT2D eigenvalue weighted by Crippen LogP contribution is 2.64. The summed E-state index contributed by atoms with van der Waals surface area (Å²) in [5.41, 5.74) is 1.29. The third-order valence-electron chi connectivity index (χ3n) is 6.95. The highest BCUT2D eigenvalue weighted by atomic mass is 127. The van der Waals surface area contributed by atoms with Gasteiger partial charge in [0.1, 0.15) is 5.92 Å². The predicted molar refractivity (Wildman–Crippen MR) is 121 cm³/mol. The fraction of sp³-hybridized carbons (Fsp3) is 0.167. The number of benzene rings is 3. The first-order valence-corrected chi connectivity index (χ1v) is 11.0. The molecule has 3 aromatic carbocycles. The molecule has 31 heavy (non-hydrogen) atoms. The van der Waals surface area contributed by atoms with Gasteiger partial charge >= 0.3 is 0 Å². The van der Waals surface area contributed by atoms with Gasteiger partial charge in [0.25, 0.3) is 5.54 Å². The number of amides is 2. The monoisotopic (exact) mass is 522 g/mol. The molecule has 1 fully saturated rings. The summed E-state index contributed by atoms with van der Waals surface area (Å²) in [7, 11) is 0. The summed E-state index contributed by atoms with van der Waals surface area (Å²) < 4.78 is 0.748. The van der Waals surface area contributed by atoms with Crippen molar-refractivity contribution in [2.75, 3.05) is 4.90 Å². The number of imide groups is 1. The minimum absolute atomic E-state index is 0.345. The maximum absolute atomic E-state index is 13.8. The molecule has 6 nitrogen and oxygen atoms in total. The Morgan fingerprint density at radius 3 is 1.97 bits per heavy atom. The normalized spacial score (nSPS) is 27.6. The van der Waals surface area contributed by atoms with Crippen LogP contribution in [-0.2, 0) is 15.1 Å². The van der Waals surface area contributed by atoms with Crippen LogP contribution in [0.2, 0.25) is 0 Å². The molecule has 0 N–H and O–H groups in total. The van der Waals surface area contributed by atoms with E-state index in [9.17, 15) is 19.7 Å². The molecule has 2 amide bonds. The molecule has 1 heterocycles. The zero-order valence-corrected chi connectivity index (χ0v) is 18.2. The molecular formula is C24H15IN2O4. The fourth-order valence-corrected chi connectivity index (χ4v) is 6.54. The molecule has 2 atom stereocenters. The van der Waals surface area contributed by atoms with Gasteiger partial charge in [0, 0.05) is 25.5 Å². The molecule has 1 aliphatic heterocycles. The summed E-state index contributed by atoms with van der Waals surface area (Å²) in [5.74, 6) is -3.13. The molecule has 0 saturated carbocycles. The van der Waals surface area contributed by atoms with E-state index in [1.54, 1.807) is 36.4 Å². The molecule has 1 saturated heterocycles. The van der Waals surface area contributed by atoms with Crippen molar-refractivity contribution in [1.29, 1.82) is 0 Å². The molecular weight excluding hydrogens is 507 g/mol. The van der Waals surface area contributed by atoms with Gasteiger partial charge in [-0.25, -0.2) is 4.90 Å². The number of halogens is 1. The van der Waals surface area contributed by atoms with Crippen LogP contribution in [0.15, 0.2) is 72.8 Å². The molecule has 0 radical (unpaired) electrons. The van der Waals surface area contributed by atoms with Crippen molar-refractivity contribution in [2.24, 2.45) is 11.8 Å². The number of nitro groups is 1. The summed E-state index contributed by atoms with van der Waals surface area (Å²) in [6, 6.07) is 21.5. The van der Waals surface area contributed by atoms with Gasteiger partial charge in [0.15, 0.2) is 0 Å². The quantitative estimate of drug-likeness (QED) is 0.220. The number of para-hydroxylation sites is 1. The smallest absolute Gasteiger partial charge is 0.274 e. The Balaban J connectivity index is 1.69. The van der Waals surface area contributed by atoms with Crippen LogP contribution in [0.1, 0.15) is 28.2 Å². The number of carbonyl (C=O) groups is 2. The number of anilines is 1. The van der Waals surface area contributed by atoms with E-state index in [4.69, 9.17) is 0 Å². The molecule has 4 aliphatic rings. The molecule has 2 bridgehead atoms. The van der Waals surface area contributed by atoms with Crippen molar-refractivity contribution in [1.82, 2.24) is 0 Å². The van der Waals surface area contributed by atoms with Gasteiger partial charge in [-0.2, -0.15) is 0 Å². The number of hydrogen-bond acceptors (Lipinski definition) is 4. The van der Waals surface area contributed by atoms with E-state index in [1.165, 1.54) is 4.90 Å². The topological polar surface area (TPSA) is 80.5 Å². The Bertz CT molecular complexity index is 1270. The summed E-state index contributed by atoms with van der Waals surface area (Å²) in [5, 5.41) is 12.9. The van der Waals surface area contributed by atoms with Crippen LogP contribution in [0.3, 0.4) is 0 Å². The molecule has 7 heteroatoms. The molecule has 0 spiro atoms. The van der Waals surface area contributed by atoms with Gasteiger partial charge in [-0.15, -0.1) is 0 Å². The van der Waals surface area contributed by atoms with E-state index in [2.05, 4.69) is 22.6 Å². The van der Waals surface area contributed by atoms with E-state index in [-0.39, 0.29) is 16.7 Å². The van der Waals surface area contributed by atoms with Gasteiger partial charge in [0.2, 0.25) is 11.8 Å². The van der Waals surface area contributed by atoms with Gasteiger partial charge in [0.05, 0.1) is 11.6 Å². The lowest BCUT2D eigenvalue weighted by atomic mass is 9.51. The Morgan fingerprint density at radius 1 is 0.839 bits per heavy atom. The maximum Gasteiger partial charge on any atom is 0.285 e. The van der Waals surface area contributed by atoms with Gasteiger partial charge in [-0.05, 0) is 45.9 Å². The summed E-state index contributed by atoms with van der Waals surface area (Å²) in [6.45, 7) is 0. The first-order valence-electron chi connectivity index (χ1n) is 9.95. The molecule has 3 aliphatic carbocycles. The van der Waals surface area contributed by atoms with Crippen LogP contribution >= 0.6 is 22.6 Å². The highest BCUT2D eigenvalue weighted by molar-refractivity contribution is 14.1. The van der Waals surface area contributed by atoms with Crippen LogP contribution in [0.4, 0.5) is 5.69 Å². The average Bonchev–Trinajstić information content (AvgIpc) is 3.05. The Labute approximate surface area is 191 Å². The number of hydrogen-bond donors (Lipinski definition) is 0. The van der Waals surface area contributed by atoms with Gasteiger partial charge in [-0.3, -0.25) is 19.7 Å². The van der Waals surface area contributed by atoms with E-state index >= 15 is 0 Å². The fourth-order valence-electron chi connectivity index (χ4n) is 5.91. The first kappa shape index (κ1) is 18.7. The van der Waals surface area contributed by atoms with E-state index in [0.29, 0.717) is 16.8 Å². The SMILES string of the molecule is O=C1[C@@H]2C3c4ccccc4C([N+](=O)[O-])(c4ccccc43)[C@H]2C(=O)N1c1ccccc1I. The minimum Gasteiger partial charge on any atom is -0.274 e. The van der Waals surface area contributed by atoms with Crippen LogP contribution in [0.5, 0.6) is 0 Å². The molecule has 7 rings (SSSR count). The zero-order valence-electron chi connectivity index (χ0n) is 16.1. The maximum atomic E-state index is 13.8. The summed E-state index contributed by atoms with van der Waals surface area (Å²) in [6.07, 6.45) is 0. The second-order valence-electron chi connectivity index (χ2n) is 8.14. The lowest BCUT2D eigenvalue weighted by Crippen LogP contribution is -2.57. The van der Waals surface area contributed by atoms with Gasteiger partial charge < -0.3 is 0 Å². The first-order chi connectivity index (χ1) is 15.0. The predicted octanol–water partition coefficient (Wildman–Crippen LogP) is 4.08. The highest BCUT2D eigenvalue weighted by Gasteiger charge is 2.74. The Morgan fingerprint density at radius 2 is 1.39 bits per heavy atom. The van der Waals surface area contributed by atoms with Gasteiger partial charge in [-0.1, -0.05) is 60.7 Å². The largest absolute Gasteiger partial charge is 0.285 e. The standard InChI is InChI=1S/C24H15IN2O4/c25-17-11-5-6-12-18(17)26-22(28)20-19-13-7-1-3-9-15(13)24(27(30)31,21(20)23(26)29)16-10-4-2-8-14(16)19/h1-12,19-21H/t19?,20-,21-,24?/m1/s1. The van der Waals surface area contributed by atoms with Crippen molar-refractivity contribution in [3.05, 3.63) is 109 Å². The summed E-state index contributed by atoms with van der Waals surface area (Å²) >= 11 is 2.09. The van der Waals surface area contributed by atoms with Crippen molar-refractivity contribution < 1.29 is 14.5 Å². The lowest BCUT2D eigenvalue weighted by molar-refractivity contribution is -0.578. The van der Waals surface area contributed by atoms with Crippen LogP contribution < -0.4 is 4.90 Å². The van der Waals surface area contributed by atoms with Crippen molar-refractivity contribution >= 4 is 40.1 Å². The zero-order chi connectivity index (χ0) is 21.5. The third-order valence-corrected chi connectivity index (χ3v) is 7.87. The third kappa shape index (κ3) is 2.07. The number of carbonyl (C=O) groups excluding carboxylic acids is 2. The van der Waals surface area contributed by atoms with Crippen LogP contribution in [0.25, 0.3) is 0 Å². The van der Waals surface area contributed by atoms with Crippen LogP contribution in [-0.4, -0.2) is 16.7 Å².